The zero-order valence-electron chi connectivity index (χ0n) is 10.2. The summed E-state index contributed by atoms with van der Waals surface area (Å²) in [7, 11) is 1.83. The van der Waals surface area contributed by atoms with Gasteiger partial charge in [0.05, 0.1) is 4.32 Å². The number of carbonyl (C=O) groups excluding carboxylic acids is 1. The highest BCUT2D eigenvalue weighted by Gasteiger charge is 2.26. The lowest BCUT2D eigenvalue weighted by Crippen LogP contribution is -2.38. The van der Waals surface area contributed by atoms with Crippen molar-refractivity contribution in [2.75, 3.05) is 7.05 Å². The van der Waals surface area contributed by atoms with E-state index in [-0.39, 0.29) is 5.91 Å². The molecule has 0 N–H and O–H groups in total. The summed E-state index contributed by atoms with van der Waals surface area (Å²) < 4.78 is -0.494. The number of alkyl halides is 1. The molecule has 0 aliphatic rings. The molecule has 88 valence electrons. The number of nitrogens with zero attached hydrogens (tertiary/aromatic N) is 1. The highest BCUT2D eigenvalue weighted by molar-refractivity contribution is 9.10. The molecule has 0 saturated carbocycles. The number of hydrogen-bond donors (Lipinski definition) is 0. The van der Waals surface area contributed by atoms with Crippen molar-refractivity contribution >= 4 is 21.8 Å². The average molecular weight is 284 g/mol. The molecule has 0 aliphatic carbocycles. The van der Waals surface area contributed by atoms with Crippen LogP contribution in [0.25, 0.3) is 0 Å². The van der Waals surface area contributed by atoms with Crippen molar-refractivity contribution in [2.45, 2.75) is 31.6 Å². The first-order chi connectivity index (χ1) is 7.30. The van der Waals surface area contributed by atoms with E-state index in [0.29, 0.717) is 6.54 Å². The van der Waals surface area contributed by atoms with Gasteiger partial charge in [-0.15, -0.1) is 0 Å². The average Bonchev–Trinajstić information content (AvgIpc) is 2.15. The summed E-state index contributed by atoms with van der Waals surface area (Å²) in [5.41, 5.74) is 2.38. The van der Waals surface area contributed by atoms with E-state index in [1.807, 2.05) is 33.0 Å². The molecular weight excluding hydrogens is 266 g/mol. The fraction of sp³-hybridized carbons (Fsp3) is 0.462. The lowest BCUT2D eigenvalue weighted by Gasteiger charge is -2.24. The van der Waals surface area contributed by atoms with Gasteiger partial charge in [-0.05, 0) is 26.3 Å². The molecule has 1 aromatic carbocycles. The SMILES string of the molecule is Cc1cccc(CN(C)C(=O)C(C)(C)Br)c1. The summed E-state index contributed by atoms with van der Waals surface area (Å²) in [6.45, 7) is 6.43. The van der Waals surface area contributed by atoms with E-state index in [2.05, 4.69) is 35.0 Å². The van der Waals surface area contributed by atoms with Crippen molar-refractivity contribution in [3.05, 3.63) is 35.4 Å². The summed E-state index contributed by atoms with van der Waals surface area (Å²) >= 11 is 3.38. The summed E-state index contributed by atoms with van der Waals surface area (Å²) in [6.07, 6.45) is 0. The van der Waals surface area contributed by atoms with Crippen LogP contribution in [-0.2, 0) is 11.3 Å². The Kier molecular flexibility index (Phi) is 4.14. The highest BCUT2D eigenvalue weighted by atomic mass is 79.9. The van der Waals surface area contributed by atoms with E-state index in [0.717, 1.165) is 5.56 Å². The molecule has 0 radical (unpaired) electrons. The lowest BCUT2D eigenvalue weighted by atomic mass is 10.1. The van der Waals surface area contributed by atoms with Gasteiger partial charge in [-0.2, -0.15) is 0 Å². The summed E-state index contributed by atoms with van der Waals surface area (Å²) in [5, 5.41) is 0. The Morgan fingerprint density at radius 1 is 1.44 bits per heavy atom. The Bertz CT molecular complexity index is 382. The monoisotopic (exact) mass is 283 g/mol. The number of halogens is 1. The number of aryl methyl sites for hydroxylation is 1. The molecule has 16 heavy (non-hydrogen) atoms. The van der Waals surface area contributed by atoms with Crippen LogP contribution in [0.15, 0.2) is 24.3 Å². The van der Waals surface area contributed by atoms with E-state index in [1.165, 1.54) is 5.56 Å². The van der Waals surface area contributed by atoms with Gasteiger partial charge in [-0.1, -0.05) is 45.8 Å². The van der Waals surface area contributed by atoms with Crippen molar-refractivity contribution in [3.63, 3.8) is 0 Å². The molecule has 0 aromatic heterocycles. The number of benzene rings is 1. The lowest BCUT2D eigenvalue weighted by molar-refractivity contribution is -0.131. The van der Waals surface area contributed by atoms with E-state index in [4.69, 9.17) is 0 Å². The summed E-state index contributed by atoms with van der Waals surface area (Å²) in [6, 6.07) is 8.21. The molecule has 0 unspecified atom stereocenters. The summed E-state index contributed by atoms with van der Waals surface area (Å²) in [4.78, 5) is 13.7. The van der Waals surface area contributed by atoms with Crippen molar-refractivity contribution < 1.29 is 4.79 Å². The molecule has 0 heterocycles. The molecule has 0 bridgehead atoms. The van der Waals surface area contributed by atoms with E-state index in [1.54, 1.807) is 4.90 Å². The quantitative estimate of drug-likeness (QED) is 0.781. The second kappa shape index (κ2) is 5.00. The van der Waals surface area contributed by atoms with Crippen LogP contribution in [0.2, 0.25) is 0 Å². The largest absolute Gasteiger partial charge is 0.340 e. The van der Waals surface area contributed by atoms with Crippen molar-refractivity contribution in [1.82, 2.24) is 4.90 Å². The summed E-state index contributed by atoms with van der Waals surface area (Å²) in [5.74, 6) is 0.0917. The van der Waals surface area contributed by atoms with Gasteiger partial charge in [0.1, 0.15) is 0 Å². The number of amides is 1. The third-order valence-corrected chi connectivity index (χ3v) is 2.70. The van der Waals surface area contributed by atoms with E-state index in [9.17, 15) is 4.79 Å². The Hall–Kier alpha value is -0.830. The maximum Gasteiger partial charge on any atom is 0.238 e. The first-order valence-electron chi connectivity index (χ1n) is 5.31. The predicted molar refractivity (Wildman–Crippen MR) is 70.7 cm³/mol. The molecule has 3 heteroatoms. The Labute approximate surface area is 106 Å². The number of hydrogen-bond acceptors (Lipinski definition) is 1. The molecule has 0 fully saturated rings. The van der Waals surface area contributed by atoms with Crippen LogP contribution in [0.3, 0.4) is 0 Å². The topological polar surface area (TPSA) is 20.3 Å². The van der Waals surface area contributed by atoms with Crippen molar-refractivity contribution in [1.29, 1.82) is 0 Å². The second-order valence-corrected chi connectivity index (χ2v) is 6.61. The molecule has 0 atom stereocenters. The van der Waals surface area contributed by atoms with Gasteiger partial charge < -0.3 is 4.90 Å². The molecule has 1 amide bonds. The van der Waals surface area contributed by atoms with Gasteiger partial charge in [0.2, 0.25) is 5.91 Å². The van der Waals surface area contributed by atoms with Gasteiger partial charge in [-0.25, -0.2) is 0 Å². The second-order valence-electron chi connectivity index (χ2n) is 4.62. The molecule has 1 aromatic rings. The van der Waals surface area contributed by atoms with Crippen LogP contribution in [0, 0.1) is 6.92 Å². The maximum atomic E-state index is 11.9. The van der Waals surface area contributed by atoms with Crippen LogP contribution in [0.5, 0.6) is 0 Å². The van der Waals surface area contributed by atoms with Crippen LogP contribution >= 0.6 is 15.9 Å². The van der Waals surface area contributed by atoms with Crippen LogP contribution < -0.4 is 0 Å². The van der Waals surface area contributed by atoms with Gasteiger partial charge in [0, 0.05) is 13.6 Å². The Morgan fingerprint density at radius 3 is 2.56 bits per heavy atom. The number of carbonyl (C=O) groups is 1. The first kappa shape index (κ1) is 13.2. The number of rotatable bonds is 3. The van der Waals surface area contributed by atoms with Crippen LogP contribution in [0.4, 0.5) is 0 Å². The van der Waals surface area contributed by atoms with Gasteiger partial charge in [0.15, 0.2) is 0 Å². The molecule has 0 saturated heterocycles. The Morgan fingerprint density at radius 2 is 2.06 bits per heavy atom. The fourth-order valence-electron chi connectivity index (χ4n) is 1.61. The molecular formula is C13H18BrNO. The molecule has 1 rings (SSSR count). The zero-order valence-corrected chi connectivity index (χ0v) is 11.8. The Balaban J connectivity index is 2.72. The molecule has 0 spiro atoms. The molecule has 0 aliphatic heterocycles. The normalized spacial score (nSPS) is 11.3. The molecule has 2 nitrogen and oxygen atoms in total. The van der Waals surface area contributed by atoms with E-state index < -0.39 is 4.32 Å². The van der Waals surface area contributed by atoms with E-state index >= 15 is 0 Å². The smallest absolute Gasteiger partial charge is 0.238 e. The maximum absolute atomic E-state index is 11.9. The van der Waals surface area contributed by atoms with Crippen LogP contribution in [0.1, 0.15) is 25.0 Å². The third kappa shape index (κ3) is 3.63. The van der Waals surface area contributed by atoms with Gasteiger partial charge in [-0.3, -0.25) is 4.79 Å². The van der Waals surface area contributed by atoms with Crippen molar-refractivity contribution in [2.24, 2.45) is 0 Å². The van der Waals surface area contributed by atoms with Gasteiger partial charge in [0.25, 0.3) is 0 Å². The van der Waals surface area contributed by atoms with Crippen molar-refractivity contribution in [3.8, 4) is 0 Å². The standard InChI is InChI=1S/C13H18BrNO/c1-10-6-5-7-11(8-10)9-15(4)12(16)13(2,3)14/h5-8H,9H2,1-4H3. The first-order valence-corrected chi connectivity index (χ1v) is 6.10. The fourth-order valence-corrected chi connectivity index (χ4v) is 1.91. The minimum Gasteiger partial charge on any atom is -0.340 e. The van der Waals surface area contributed by atoms with Gasteiger partial charge >= 0.3 is 0 Å². The predicted octanol–water partition coefficient (Wildman–Crippen LogP) is 3.13. The zero-order chi connectivity index (χ0) is 12.3. The third-order valence-electron chi connectivity index (χ3n) is 2.36. The minimum atomic E-state index is -0.494. The van der Waals surface area contributed by atoms with Crippen LogP contribution in [-0.4, -0.2) is 22.2 Å². The minimum absolute atomic E-state index is 0.0917. The highest BCUT2D eigenvalue weighted by Crippen LogP contribution is 2.19.